The highest BCUT2D eigenvalue weighted by molar-refractivity contribution is 6.31. The molecular weight excluding hydrogens is 381 g/mol. The van der Waals surface area contributed by atoms with Crippen molar-refractivity contribution >= 4 is 29.0 Å². The molecule has 2 N–H and O–H groups in total. The number of benzene rings is 1. The Labute approximate surface area is 159 Å². The fourth-order valence-corrected chi connectivity index (χ4v) is 3.28. The van der Waals surface area contributed by atoms with Gasteiger partial charge in [0.25, 0.3) is 5.91 Å². The van der Waals surface area contributed by atoms with E-state index in [2.05, 4.69) is 20.6 Å². The smallest absolute Gasteiger partial charge is 0.367 e. The number of hydrogen-bond donors (Lipinski definition) is 2. The predicted octanol–water partition coefficient (Wildman–Crippen LogP) is 5.06. The molecular formula is C18H18ClF3N4O. The van der Waals surface area contributed by atoms with E-state index in [1.54, 1.807) is 6.92 Å². The van der Waals surface area contributed by atoms with Gasteiger partial charge in [-0.2, -0.15) is 13.2 Å². The predicted molar refractivity (Wildman–Crippen MR) is 97.1 cm³/mol. The average molecular weight is 399 g/mol. The summed E-state index contributed by atoms with van der Waals surface area (Å²) in [4.78, 5) is 20.8. The lowest BCUT2D eigenvalue weighted by molar-refractivity contribution is -0.137. The van der Waals surface area contributed by atoms with Gasteiger partial charge in [0.05, 0.1) is 10.6 Å². The molecule has 0 atom stereocenters. The SMILES string of the molecule is Cc1nc(NC2CCCC2)cc(C(=O)Nc2ccc(Cl)c(C(F)(F)F)c2)n1. The first-order valence-electron chi connectivity index (χ1n) is 8.53. The Morgan fingerprint density at radius 1 is 1.19 bits per heavy atom. The van der Waals surface area contributed by atoms with Crippen LogP contribution >= 0.6 is 11.6 Å². The van der Waals surface area contributed by atoms with Crippen LogP contribution in [-0.4, -0.2) is 21.9 Å². The number of hydrogen-bond acceptors (Lipinski definition) is 4. The second-order valence-corrected chi connectivity index (χ2v) is 6.87. The molecule has 1 aromatic heterocycles. The van der Waals surface area contributed by atoms with E-state index >= 15 is 0 Å². The summed E-state index contributed by atoms with van der Waals surface area (Å²) >= 11 is 5.60. The Bertz CT molecular complexity index is 851. The summed E-state index contributed by atoms with van der Waals surface area (Å²) in [6, 6.07) is 5.01. The average Bonchev–Trinajstić information content (AvgIpc) is 3.08. The van der Waals surface area contributed by atoms with Crippen LogP contribution in [0.3, 0.4) is 0 Å². The van der Waals surface area contributed by atoms with Crippen LogP contribution in [0.5, 0.6) is 0 Å². The van der Waals surface area contributed by atoms with Crippen molar-refractivity contribution in [3.63, 3.8) is 0 Å². The zero-order chi connectivity index (χ0) is 19.6. The van der Waals surface area contributed by atoms with Crippen LogP contribution in [0.25, 0.3) is 0 Å². The van der Waals surface area contributed by atoms with E-state index in [0.29, 0.717) is 17.7 Å². The van der Waals surface area contributed by atoms with E-state index in [4.69, 9.17) is 11.6 Å². The fourth-order valence-electron chi connectivity index (χ4n) is 3.05. The van der Waals surface area contributed by atoms with Crippen molar-refractivity contribution in [2.45, 2.75) is 44.8 Å². The molecule has 5 nitrogen and oxygen atoms in total. The fraction of sp³-hybridized carbons (Fsp3) is 0.389. The number of nitrogens with zero attached hydrogens (tertiary/aromatic N) is 2. The van der Waals surface area contributed by atoms with Crippen LogP contribution in [0, 0.1) is 6.92 Å². The van der Waals surface area contributed by atoms with Crippen molar-refractivity contribution in [2.75, 3.05) is 10.6 Å². The minimum atomic E-state index is -4.61. The molecule has 27 heavy (non-hydrogen) atoms. The van der Waals surface area contributed by atoms with Gasteiger partial charge in [0.15, 0.2) is 0 Å². The number of aryl methyl sites for hydroxylation is 1. The molecule has 9 heteroatoms. The van der Waals surface area contributed by atoms with E-state index in [0.717, 1.165) is 37.8 Å². The summed E-state index contributed by atoms with van der Waals surface area (Å²) < 4.78 is 38.9. The number of aromatic nitrogens is 2. The third-order valence-corrected chi connectivity index (χ3v) is 4.64. The minimum absolute atomic E-state index is 0.0155. The van der Waals surface area contributed by atoms with E-state index in [-0.39, 0.29) is 11.4 Å². The summed E-state index contributed by atoms with van der Waals surface area (Å²) in [5.74, 6) is 0.312. The maximum Gasteiger partial charge on any atom is 0.417 e. The first-order chi connectivity index (χ1) is 12.7. The standard InChI is InChI=1S/C18H18ClF3N4O/c1-10-23-15(9-16(24-10)25-11-4-2-3-5-11)17(27)26-12-6-7-14(19)13(8-12)18(20,21)22/h6-9,11H,2-5H2,1H3,(H,26,27)(H,23,24,25). The van der Waals surface area contributed by atoms with Crippen molar-refractivity contribution < 1.29 is 18.0 Å². The van der Waals surface area contributed by atoms with Gasteiger partial charge in [-0.1, -0.05) is 24.4 Å². The third kappa shape index (κ3) is 4.88. The van der Waals surface area contributed by atoms with Gasteiger partial charge in [-0.05, 0) is 38.0 Å². The molecule has 1 fully saturated rings. The molecule has 1 heterocycles. The van der Waals surface area contributed by atoms with E-state index in [1.807, 2.05) is 0 Å². The molecule has 0 unspecified atom stereocenters. The van der Waals surface area contributed by atoms with Crippen LogP contribution in [0.15, 0.2) is 24.3 Å². The van der Waals surface area contributed by atoms with E-state index < -0.39 is 22.7 Å². The molecule has 1 aromatic carbocycles. The Hall–Kier alpha value is -2.35. The van der Waals surface area contributed by atoms with Crippen molar-refractivity contribution in [2.24, 2.45) is 0 Å². The molecule has 0 spiro atoms. The van der Waals surface area contributed by atoms with Gasteiger partial charge in [-0.3, -0.25) is 4.79 Å². The highest BCUT2D eigenvalue weighted by atomic mass is 35.5. The molecule has 2 aromatic rings. The second kappa shape index (κ2) is 7.72. The first-order valence-corrected chi connectivity index (χ1v) is 8.90. The number of anilines is 2. The minimum Gasteiger partial charge on any atom is -0.367 e. The van der Waals surface area contributed by atoms with Gasteiger partial charge in [0.2, 0.25) is 0 Å². The molecule has 0 bridgehead atoms. The van der Waals surface area contributed by atoms with Gasteiger partial charge in [-0.15, -0.1) is 0 Å². The maximum absolute atomic E-state index is 13.0. The summed E-state index contributed by atoms with van der Waals surface area (Å²) in [6.07, 6.45) is -0.243. The number of halogens is 4. The Morgan fingerprint density at radius 2 is 1.89 bits per heavy atom. The molecule has 0 saturated heterocycles. The van der Waals surface area contributed by atoms with Crippen molar-refractivity contribution in [1.82, 2.24) is 9.97 Å². The Kier molecular flexibility index (Phi) is 5.55. The van der Waals surface area contributed by atoms with Gasteiger partial charge in [-0.25, -0.2) is 9.97 Å². The van der Waals surface area contributed by atoms with Gasteiger partial charge in [0.1, 0.15) is 17.3 Å². The highest BCUT2D eigenvalue weighted by Crippen LogP contribution is 2.36. The molecule has 3 rings (SSSR count). The number of carbonyl (C=O) groups excluding carboxylic acids is 1. The normalized spacial score (nSPS) is 15.0. The molecule has 1 saturated carbocycles. The second-order valence-electron chi connectivity index (χ2n) is 6.46. The molecule has 0 aliphatic heterocycles. The summed E-state index contributed by atoms with van der Waals surface area (Å²) in [6.45, 7) is 1.65. The van der Waals surface area contributed by atoms with Crippen LogP contribution in [0.4, 0.5) is 24.7 Å². The topological polar surface area (TPSA) is 66.9 Å². The first kappa shape index (κ1) is 19.4. The lowest BCUT2D eigenvalue weighted by Crippen LogP contribution is -2.19. The number of amides is 1. The molecule has 1 aliphatic rings. The van der Waals surface area contributed by atoms with Crippen LogP contribution in [0.1, 0.15) is 47.6 Å². The Balaban J connectivity index is 1.79. The van der Waals surface area contributed by atoms with Gasteiger partial charge < -0.3 is 10.6 Å². The monoisotopic (exact) mass is 398 g/mol. The van der Waals surface area contributed by atoms with Crippen LogP contribution in [-0.2, 0) is 6.18 Å². The van der Waals surface area contributed by atoms with Crippen LogP contribution < -0.4 is 10.6 Å². The number of rotatable bonds is 4. The lowest BCUT2D eigenvalue weighted by Gasteiger charge is -2.14. The van der Waals surface area contributed by atoms with Crippen LogP contribution in [0.2, 0.25) is 5.02 Å². The molecule has 0 radical (unpaired) electrons. The Morgan fingerprint density at radius 3 is 2.56 bits per heavy atom. The van der Waals surface area contributed by atoms with Crippen molar-refractivity contribution in [3.8, 4) is 0 Å². The molecule has 1 aliphatic carbocycles. The third-order valence-electron chi connectivity index (χ3n) is 4.31. The number of carbonyl (C=O) groups is 1. The molecule has 144 valence electrons. The summed E-state index contributed by atoms with van der Waals surface area (Å²) in [5.41, 5.74) is -0.950. The zero-order valence-corrected chi connectivity index (χ0v) is 15.3. The van der Waals surface area contributed by atoms with Gasteiger partial charge in [0, 0.05) is 17.8 Å². The van der Waals surface area contributed by atoms with E-state index in [9.17, 15) is 18.0 Å². The largest absolute Gasteiger partial charge is 0.417 e. The van der Waals surface area contributed by atoms with E-state index in [1.165, 1.54) is 12.1 Å². The number of alkyl halides is 3. The maximum atomic E-state index is 13.0. The summed E-state index contributed by atoms with van der Waals surface area (Å²) in [7, 11) is 0. The van der Waals surface area contributed by atoms with Crippen molar-refractivity contribution in [3.05, 3.63) is 46.4 Å². The molecule has 1 amide bonds. The lowest BCUT2D eigenvalue weighted by atomic mass is 10.2. The quantitative estimate of drug-likeness (QED) is 0.755. The summed E-state index contributed by atoms with van der Waals surface area (Å²) in [5, 5.41) is 5.28. The van der Waals surface area contributed by atoms with Crippen molar-refractivity contribution in [1.29, 1.82) is 0 Å². The number of nitrogens with one attached hydrogen (secondary N) is 2. The zero-order valence-electron chi connectivity index (χ0n) is 14.5. The van der Waals surface area contributed by atoms with Gasteiger partial charge >= 0.3 is 6.18 Å². The highest BCUT2D eigenvalue weighted by Gasteiger charge is 2.33.